The monoisotopic (exact) mass is 176 g/mol. The molecule has 0 spiro atoms. The van der Waals surface area contributed by atoms with Crippen LogP contribution in [0.5, 0.6) is 0 Å². The zero-order chi connectivity index (χ0) is 7.56. The molecule has 1 rings (SSSR count). The van der Waals surface area contributed by atoms with Crippen LogP contribution in [0, 0.1) is 0 Å². The highest BCUT2D eigenvalue weighted by atomic mass is 32.2. The van der Waals surface area contributed by atoms with Gasteiger partial charge in [-0.15, -0.1) is 0 Å². The van der Waals surface area contributed by atoms with Gasteiger partial charge in [-0.05, 0) is 6.92 Å². The van der Waals surface area contributed by atoms with Crippen molar-refractivity contribution in [3.8, 4) is 0 Å². The van der Waals surface area contributed by atoms with Crippen molar-refractivity contribution in [1.82, 2.24) is 4.31 Å². The number of hydrogen-bond donors (Lipinski definition) is 0. The Bertz CT molecular complexity index is 147. The van der Waals surface area contributed by atoms with Crippen molar-refractivity contribution in [2.45, 2.75) is 13.0 Å². The van der Waals surface area contributed by atoms with Crippen LogP contribution in [0.25, 0.3) is 0 Å². The second-order valence-electron chi connectivity index (χ2n) is 2.25. The molecule has 2 nitrogen and oxygen atoms in total. The van der Waals surface area contributed by atoms with E-state index in [4.69, 9.17) is 0 Å². The first-order chi connectivity index (χ1) is 4.74. The molecule has 0 N–H and O–H groups in total. The number of nitrogens with zero attached hydrogens (tertiary/aromatic N) is 2. The lowest BCUT2D eigenvalue weighted by molar-refractivity contribution is 0.815. The third-order valence-corrected chi connectivity index (χ3v) is 3.45. The van der Waals surface area contributed by atoms with Gasteiger partial charge in [0.15, 0.2) is 5.17 Å². The largest absolute Gasteiger partial charge is 0.299 e. The Hall–Kier alpha value is 0.170. The number of hydrogen-bond acceptors (Lipinski definition) is 4. The predicted molar refractivity (Wildman–Crippen MR) is 50.6 cm³/mol. The Morgan fingerprint density at radius 3 is 2.90 bits per heavy atom. The standard InChI is InChI=1S/C6H12N2S2/c1-5-4-10-6(7-5)8(2)9-3/h5H,4H2,1-3H3. The molecule has 1 atom stereocenters. The van der Waals surface area contributed by atoms with E-state index in [2.05, 4.69) is 29.5 Å². The average Bonchev–Trinajstić information content (AvgIpc) is 2.34. The molecule has 0 amide bonds. The first-order valence-electron chi connectivity index (χ1n) is 3.22. The predicted octanol–water partition coefficient (Wildman–Crippen LogP) is 1.69. The van der Waals surface area contributed by atoms with Gasteiger partial charge in [-0.1, -0.05) is 23.7 Å². The summed E-state index contributed by atoms with van der Waals surface area (Å²) in [6, 6.07) is 0.509. The van der Waals surface area contributed by atoms with Crippen LogP contribution in [0.4, 0.5) is 0 Å². The Labute approximate surface area is 70.6 Å². The Balaban J connectivity index is 2.48. The minimum absolute atomic E-state index is 0.509. The van der Waals surface area contributed by atoms with E-state index in [1.165, 1.54) is 5.17 Å². The van der Waals surface area contributed by atoms with E-state index >= 15 is 0 Å². The lowest BCUT2D eigenvalue weighted by Crippen LogP contribution is -2.13. The molecule has 0 saturated carbocycles. The maximum atomic E-state index is 4.44. The molecule has 0 bridgehead atoms. The molecule has 0 fully saturated rings. The maximum Gasteiger partial charge on any atom is 0.169 e. The molecule has 0 aromatic heterocycles. The highest BCUT2D eigenvalue weighted by Crippen LogP contribution is 2.22. The van der Waals surface area contributed by atoms with Crippen molar-refractivity contribution in [3.63, 3.8) is 0 Å². The lowest BCUT2D eigenvalue weighted by atomic mass is 10.4. The zero-order valence-electron chi connectivity index (χ0n) is 6.50. The normalized spacial score (nSPS) is 24.7. The van der Waals surface area contributed by atoms with E-state index in [1.54, 1.807) is 11.9 Å². The van der Waals surface area contributed by atoms with Gasteiger partial charge in [-0.2, -0.15) is 0 Å². The molecule has 58 valence electrons. The molecule has 0 saturated heterocycles. The fourth-order valence-corrected chi connectivity index (χ4v) is 2.19. The van der Waals surface area contributed by atoms with Crippen LogP contribution in [0.2, 0.25) is 0 Å². The van der Waals surface area contributed by atoms with Gasteiger partial charge in [0, 0.05) is 19.1 Å². The smallest absolute Gasteiger partial charge is 0.169 e. The average molecular weight is 176 g/mol. The molecule has 0 aromatic carbocycles. The molecule has 1 aliphatic heterocycles. The molecule has 1 unspecified atom stereocenters. The molecular formula is C6H12N2S2. The summed E-state index contributed by atoms with van der Waals surface area (Å²) in [5, 5.41) is 1.17. The van der Waals surface area contributed by atoms with Gasteiger partial charge >= 0.3 is 0 Å². The van der Waals surface area contributed by atoms with E-state index in [9.17, 15) is 0 Å². The van der Waals surface area contributed by atoms with Crippen LogP contribution >= 0.6 is 23.7 Å². The van der Waals surface area contributed by atoms with Gasteiger partial charge in [0.2, 0.25) is 0 Å². The topological polar surface area (TPSA) is 15.6 Å². The molecule has 1 heterocycles. The molecule has 10 heavy (non-hydrogen) atoms. The van der Waals surface area contributed by atoms with Crippen molar-refractivity contribution in [2.75, 3.05) is 19.1 Å². The number of rotatable bonds is 1. The fraction of sp³-hybridized carbons (Fsp3) is 0.833. The summed E-state index contributed by atoms with van der Waals surface area (Å²) < 4.78 is 2.11. The Morgan fingerprint density at radius 1 is 1.80 bits per heavy atom. The molecule has 4 heteroatoms. The van der Waals surface area contributed by atoms with Crippen molar-refractivity contribution in [3.05, 3.63) is 0 Å². The van der Waals surface area contributed by atoms with Crippen LogP contribution in [-0.4, -0.2) is 34.6 Å². The van der Waals surface area contributed by atoms with Crippen molar-refractivity contribution in [2.24, 2.45) is 4.99 Å². The van der Waals surface area contributed by atoms with Gasteiger partial charge in [0.1, 0.15) is 0 Å². The molecule has 0 radical (unpaired) electrons. The number of aliphatic imine (C=N–C) groups is 1. The van der Waals surface area contributed by atoms with E-state index < -0.39 is 0 Å². The van der Waals surface area contributed by atoms with Gasteiger partial charge in [0.05, 0.1) is 6.04 Å². The third kappa shape index (κ3) is 1.83. The summed E-state index contributed by atoms with van der Waals surface area (Å²) in [5.41, 5.74) is 0. The third-order valence-electron chi connectivity index (χ3n) is 1.33. The summed E-state index contributed by atoms with van der Waals surface area (Å²) in [6.07, 6.45) is 2.06. The van der Waals surface area contributed by atoms with Gasteiger partial charge in [0.25, 0.3) is 0 Å². The summed E-state index contributed by atoms with van der Waals surface area (Å²) in [7, 11) is 2.05. The second-order valence-corrected chi connectivity index (χ2v) is 4.15. The molecular weight excluding hydrogens is 164 g/mol. The SMILES string of the molecule is CSN(C)C1=NC(C)CS1. The lowest BCUT2D eigenvalue weighted by Gasteiger charge is -2.12. The highest BCUT2D eigenvalue weighted by molar-refractivity contribution is 8.15. The van der Waals surface area contributed by atoms with E-state index in [0.29, 0.717) is 6.04 Å². The van der Waals surface area contributed by atoms with Crippen LogP contribution in [0.3, 0.4) is 0 Å². The highest BCUT2D eigenvalue weighted by Gasteiger charge is 2.16. The van der Waals surface area contributed by atoms with Crippen LogP contribution < -0.4 is 0 Å². The maximum absolute atomic E-state index is 4.44. The molecule has 0 aliphatic carbocycles. The van der Waals surface area contributed by atoms with E-state index in [-0.39, 0.29) is 0 Å². The summed E-state index contributed by atoms with van der Waals surface area (Å²) >= 11 is 3.54. The van der Waals surface area contributed by atoms with Gasteiger partial charge in [-0.25, -0.2) is 0 Å². The Morgan fingerprint density at radius 2 is 2.50 bits per heavy atom. The second kappa shape index (κ2) is 3.53. The van der Waals surface area contributed by atoms with Crippen LogP contribution in [-0.2, 0) is 0 Å². The quantitative estimate of drug-likeness (QED) is 0.565. The summed E-state index contributed by atoms with van der Waals surface area (Å²) in [4.78, 5) is 4.44. The van der Waals surface area contributed by atoms with E-state index in [1.807, 2.05) is 11.8 Å². The van der Waals surface area contributed by atoms with Crippen molar-refractivity contribution < 1.29 is 0 Å². The van der Waals surface area contributed by atoms with Gasteiger partial charge < -0.3 is 0 Å². The number of thioether (sulfide) groups is 1. The zero-order valence-corrected chi connectivity index (χ0v) is 8.13. The Kier molecular flexibility index (Phi) is 2.92. The molecule has 0 aromatic rings. The van der Waals surface area contributed by atoms with Gasteiger partial charge in [-0.3, -0.25) is 9.30 Å². The van der Waals surface area contributed by atoms with Crippen molar-refractivity contribution in [1.29, 1.82) is 0 Å². The van der Waals surface area contributed by atoms with Crippen LogP contribution in [0.15, 0.2) is 4.99 Å². The molecule has 1 aliphatic rings. The first kappa shape index (κ1) is 8.27. The summed E-state index contributed by atoms with van der Waals surface area (Å²) in [6.45, 7) is 2.15. The first-order valence-corrected chi connectivity index (χ1v) is 5.39. The minimum atomic E-state index is 0.509. The van der Waals surface area contributed by atoms with Crippen LogP contribution in [0.1, 0.15) is 6.92 Å². The number of amidine groups is 1. The summed E-state index contributed by atoms with van der Waals surface area (Å²) in [5.74, 6) is 1.14. The minimum Gasteiger partial charge on any atom is -0.299 e. The van der Waals surface area contributed by atoms with Crippen molar-refractivity contribution >= 4 is 28.9 Å². The van der Waals surface area contributed by atoms with E-state index in [0.717, 1.165) is 5.75 Å². The fourth-order valence-electron chi connectivity index (χ4n) is 0.709.